The van der Waals surface area contributed by atoms with Gasteiger partial charge in [-0.25, -0.2) is 0 Å². The minimum atomic E-state index is 0.820. The Hall–Kier alpha value is -2.08. The third-order valence-corrected chi connectivity index (χ3v) is 2.84. The molecule has 2 heteroatoms. The highest BCUT2D eigenvalue weighted by Crippen LogP contribution is 2.04. The zero-order chi connectivity index (χ0) is 12.8. The molecule has 0 aromatic heterocycles. The molecule has 0 fully saturated rings. The second kappa shape index (κ2) is 6.02. The lowest BCUT2D eigenvalue weighted by Crippen LogP contribution is -2.47. The predicted molar refractivity (Wildman–Crippen MR) is 72.0 cm³/mol. The van der Waals surface area contributed by atoms with Crippen molar-refractivity contribution in [2.24, 2.45) is 0 Å². The lowest BCUT2D eigenvalue weighted by atomic mass is 10.1. The molecule has 0 radical (unpaired) electrons. The Labute approximate surface area is 108 Å². The van der Waals surface area contributed by atoms with E-state index >= 15 is 0 Å². The maximum atomic E-state index is 3.85. The number of hydrogen-bond acceptors (Lipinski definition) is 0. The molecular formula is C16H18N2+2. The Bertz CT molecular complexity index is 505. The molecular weight excluding hydrogens is 220 g/mol. The van der Waals surface area contributed by atoms with Crippen molar-refractivity contribution < 1.29 is 11.5 Å². The van der Waals surface area contributed by atoms with Crippen LogP contribution in [0.3, 0.4) is 0 Å². The number of rotatable bonds is 2. The zero-order valence-corrected chi connectivity index (χ0v) is 10.4. The van der Waals surface area contributed by atoms with Crippen molar-refractivity contribution in [3.8, 4) is 11.8 Å². The summed E-state index contributed by atoms with van der Waals surface area (Å²) in [6.07, 6.45) is 0. The summed E-state index contributed by atoms with van der Waals surface area (Å²) in [5.41, 5.74) is 12.3. The lowest BCUT2D eigenvalue weighted by molar-refractivity contribution is -0.386. The quantitative estimate of drug-likeness (QED) is 0.719. The van der Waals surface area contributed by atoms with Crippen molar-refractivity contribution in [1.82, 2.24) is 0 Å². The van der Waals surface area contributed by atoms with Gasteiger partial charge in [-0.2, -0.15) is 0 Å². The van der Waals surface area contributed by atoms with Crippen molar-refractivity contribution in [3.63, 3.8) is 0 Å². The molecule has 18 heavy (non-hydrogen) atoms. The average molecular weight is 238 g/mol. The highest BCUT2D eigenvalue weighted by Gasteiger charge is 1.92. The molecule has 0 aliphatic rings. The molecule has 0 unspecified atom stereocenters. The van der Waals surface area contributed by atoms with Gasteiger partial charge in [-0.15, -0.1) is 0 Å². The predicted octanol–water partition coefficient (Wildman–Crippen LogP) is 0.570. The molecule has 0 heterocycles. The zero-order valence-electron chi connectivity index (χ0n) is 10.4. The summed E-state index contributed by atoms with van der Waals surface area (Å²) >= 11 is 0. The number of quaternary nitrogens is 2. The van der Waals surface area contributed by atoms with Crippen LogP contribution in [0.25, 0.3) is 0 Å². The maximum absolute atomic E-state index is 3.85. The Morgan fingerprint density at radius 2 is 0.944 bits per heavy atom. The molecule has 2 aromatic rings. The fraction of sp³-hybridized carbons (Fsp3) is 0.125. The van der Waals surface area contributed by atoms with Crippen LogP contribution in [0.1, 0.15) is 22.3 Å². The second-order valence-electron chi connectivity index (χ2n) is 4.14. The summed E-state index contributed by atoms with van der Waals surface area (Å²) in [7, 11) is 0. The van der Waals surface area contributed by atoms with Gasteiger partial charge in [0, 0.05) is 22.3 Å². The Kier molecular flexibility index (Phi) is 4.14. The molecule has 0 amide bonds. The first-order chi connectivity index (χ1) is 8.81. The van der Waals surface area contributed by atoms with Crippen molar-refractivity contribution in [1.29, 1.82) is 0 Å². The van der Waals surface area contributed by atoms with E-state index < -0.39 is 0 Å². The van der Waals surface area contributed by atoms with E-state index in [-0.39, 0.29) is 0 Å². The van der Waals surface area contributed by atoms with Crippen LogP contribution in [-0.4, -0.2) is 0 Å². The summed E-state index contributed by atoms with van der Waals surface area (Å²) < 4.78 is 0. The number of hydrogen-bond donors (Lipinski definition) is 2. The molecule has 2 aromatic carbocycles. The van der Waals surface area contributed by atoms with E-state index in [1.165, 1.54) is 11.1 Å². The van der Waals surface area contributed by atoms with Crippen LogP contribution in [0.5, 0.6) is 0 Å². The molecule has 0 atom stereocenters. The van der Waals surface area contributed by atoms with E-state index in [0.717, 1.165) is 24.2 Å². The molecule has 0 spiro atoms. The van der Waals surface area contributed by atoms with Gasteiger partial charge >= 0.3 is 0 Å². The molecule has 2 nitrogen and oxygen atoms in total. The van der Waals surface area contributed by atoms with Gasteiger partial charge in [0.2, 0.25) is 0 Å². The summed E-state index contributed by atoms with van der Waals surface area (Å²) in [6, 6.07) is 16.4. The Morgan fingerprint density at radius 3 is 1.22 bits per heavy atom. The molecule has 90 valence electrons. The van der Waals surface area contributed by atoms with Gasteiger partial charge in [-0.05, 0) is 24.3 Å². The van der Waals surface area contributed by atoms with Crippen molar-refractivity contribution in [3.05, 3.63) is 70.8 Å². The van der Waals surface area contributed by atoms with Crippen molar-refractivity contribution in [2.75, 3.05) is 0 Å². The van der Waals surface area contributed by atoms with E-state index in [0.29, 0.717) is 0 Å². The van der Waals surface area contributed by atoms with Gasteiger partial charge in [0.15, 0.2) is 0 Å². The van der Waals surface area contributed by atoms with Gasteiger partial charge in [-0.3, -0.25) is 0 Å². The molecule has 0 aliphatic carbocycles. The van der Waals surface area contributed by atoms with Crippen LogP contribution >= 0.6 is 0 Å². The maximum Gasteiger partial charge on any atom is 0.0997 e. The van der Waals surface area contributed by atoms with E-state index in [1.54, 1.807) is 0 Å². The van der Waals surface area contributed by atoms with Crippen molar-refractivity contribution >= 4 is 0 Å². The lowest BCUT2D eigenvalue weighted by Gasteiger charge is -1.95. The van der Waals surface area contributed by atoms with Gasteiger partial charge in [-0.1, -0.05) is 36.1 Å². The molecule has 0 bridgehead atoms. The third kappa shape index (κ3) is 3.21. The van der Waals surface area contributed by atoms with E-state index in [2.05, 4.69) is 47.6 Å². The van der Waals surface area contributed by atoms with Crippen LogP contribution in [0.4, 0.5) is 0 Å². The van der Waals surface area contributed by atoms with E-state index in [1.807, 2.05) is 24.3 Å². The van der Waals surface area contributed by atoms with Gasteiger partial charge in [0.1, 0.15) is 0 Å². The summed E-state index contributed by atoms with van der Waals surface area (Å²) in [4.78, 5) is 0. The van der Waals surface area contributed by atoms with E-state index in [4.69, 9.17) is 0 Å². The highest BCUT2D eigenvalue weighted by molar-refractivity contribution is 5.43. The van der Waals surface area contributed by atoms with Crippen LogP contribution in [0.15, 0.2) is 48.5 Å². The van der Waals surface area contributed by atoms with Gasteiger partial charge in [0.25, 0.3) is 0 Å². The first-order valence-electron chi connectivity index (χ1n) is 6.10. The van der Waals surface area contributed by atoms with Crippen LogP contribution in [-0.2, 0) is 13.1 Å². The van der Waals surface area contributed by atoms with Gasteiger partial charge < -0.3 is 11.5 Å². The summed E-state index contributed by atoms with van der Waals surface area (Å²) in [5, 5.41) is 0. The highest BCUT2D eigenvalue weighted by atomic mass is 14.5. The Balaban J connectivity index is 2.14. The fourth-order valence-electron chi connectivity index (χ4n) is 1.65. The first-order valence-corrected chi connectivity index (χ1v) is 6.10. The SMILES string of the molecule is [NH3+]Cc1ccc(C#Cc2ccc(C[NH3+])cc2)cc1. The third-order valence-electron chi connectivity index (χ3n) is 2.84. The van der Waals surface area contributed by atoms with Gasteiger partial charge in [0.05, 0.1) is 13.1 Å². The summed E-state index contributed by atoms with van der Waals surface area (Å²) in [6.45, 7) is 1.64. The minimum Gasteiger partial charge on any atom is -0.354 e. The molecule has 6 N–H and O–H groups in total. The molecule has 0 aliphatic heterocycles. The second-order valence-corrected chi connectivity index (χ2v) is 4.14. The summed E-state index contributed by atoms with van der Waals surface area (Å²) in [5.74, 6) is 6.33. The van der Waals surface area contributed by atoms with Crippen LogP contribution in [0.2, 0.25) is 0 Å². The molecule has 0 saturated heterocycles. The monoisotopic (exact) mass is 238 g/mol. The average Bonchev–Trinajstić information content (AvgIpc) is 2.46. The largest absolute Gasteiger partial charge is 0.354 e. The standard InChI is InChI=1S/C16H16N2/c17-11-15-7-3-13(4-8-15)1-2-14-5-9-16(12-18)10-6-14/h3-10H,11-12,17-18H2/p+2. The minimum absolute atomic E-state index is 0.820. The smallest absolute Gasteiger partial charge is 0.0997 e. The van der Waals surface area contributed by atoms with Crippen LogP contribution < -0.4 is 11.5 Å². The van der Waals surface area contributed by atoms with Crippen LogP contribution in [0, 0.1) is 11.8 Å². The van der Waals surface area contributed by atoms with E-state index in [9.17, 15) is 0 Å². The van der Waals surface area contributed by atoms with Crippen molar-refractivity contribution in [2.45, 2.75) is 13.1 Å². The first kappa shape index (κ1) is 12.4. The molecule has 2 rings (SSSR count). The normalized spacial score (nSPS) is 9.67. The number of benzene rings is 2. The topological polar surface area (TPSA) is 55.3 Å². The molecule has 0 saturated carbocycles. The Morgan fingerprint density at radius 1 is 0.611 bits per heavy atom. The fourth-order valence-corrected chi connectivity index (χ4v) is 1.65.